The van der Waals surface area contributed by atoms with Crippen LogP contribution in [0.1, 0.15) is 42.1 Å². The minimum atomic E-state index is -2.67. The van der Waals surface area contributed by atoms with Crippen molar-refractivity contribution in [2.75, 3.05) is 5.32 Å². The molecule has 158 valence electrons. The van der Waals surface area contributed by atoms with Gasteiger partial charge in [0.2, 0.25) is 5.91 Å². The molecule has 2 aromatic heterocycles. The van der Waals surface area contributed by atoms with Crippen LogP contribution in [0.3, 0.4) is 0 Å². The van der Waals surface area contributed by atoms with E-state index in [0.29, 0.717) is 17.9 Å². The van der Waals surface area contributed by atoms with E-state index < -0.39 is 12.3 Å². The zero-order chi connectivity index (χ0) is 21.4. The molecule has 31 heavy (non-hydrogen) atoms. The highest BCUT2D eigenvalue weighted by molar-refractivity contribution is 5.90. The first kappa shape index (κ1) is 19.4. The normalized spacial score (nSPS) is 13.8. The maximum atomic E-state index is 13.3. The Morgan fingerprint density at radius 3 is 2.77 bits per heavy atom. The number of carbonyl (C=O) groups excluding carboxylic acids is 1. The summed E-state index contributed by atoms with van der Waals surface area (Å²) in [5, 5.41) is 13.6. The van der Waals surface area contributed by atoms with Crippen LogP contribution in [0.5, 0.6) is 0 Å². The molecule has 0 saturated heterocycles. The first-order valence-electron chi connectivity index (χ1n) is 10.2. The summed E-state index contributed by atoms with van der Waals surface area (Å²) >= 11 is 0. The molecule has 8 heteroatoms. The smallest absolute Gasteiger partial charge is 0.280 e. The summed E-state index contributed by atoms with van der Waals surface area (Å²) in [7, 11) is 0. The van der Waals surface area contributed by atoms with E-state index in [1.165, 1.54) is 6.07 Å². The molecule has 1 aliphatic carbocycles. The van der Waals surface area contributed by atoms with Gasteiger partial charge in [-0.25, -0.2) is 8.78 Å². The number of rotatable bonds is 7. The summed E-state index contributed by atoms with van der Waals surface area (Å²) in [5.74, 6) is -0.175. The van der Waals surface area contributed by atoms with Crippen LogP contribution in [0, 0.1) is 0 Å². The monoisotopic (exact) mass is 421 g/mol. The Balaban J connectivity index is 1.27. The summed E-state index contributed by atoms with van der Waals surface area (Å²) in [5.41, 5.74) is 2.05. The van der Waals surface area contributed by atoms with E-state index >= 15 is 0 Å². The van der Waals surface area contributed by atoms with Gasteiger partial charge < -0.3 is 5.32 Å². The lowest BCUT2D eigenvalue weighted by molar-refractivity contribution is -0.117. The quantitative estimate of drug-likeness (QED) is 0.469. The van der Waals surface area contributed by atoms with Crippen molar-refractivity contribution in [2.24, 2.45) is 0 Å². The van der Waals surface area contributed by atoms with Crippen molar-refractivity contribution in [1.82, 2.24) is 19.6 Å². The molecule has 2 aromatic carbocycles. The Labute approximate surface area is 177 Å². The summed E-state index contributed by atoms with van der Waals surface area (Å²) in [4.78, 5) is 12.4. The Bertz CT molecular complexity index is 1240. The number of halogens is 2. The lowest BCUT2D eigenvalue weighted by atomic mass is 10.0. The van der Waals surface area contributed by atoms with Crippen LogP contribution in [0.4, 0.5) is 14.5 Å². The van der Waals surface area contributed by atoms with Crippen LogP contribution in [-0.4, -0.2) is 25.5 Å². The van der Waals surface area contributed by atoms with Crippen molar-refractivity contribution in [3.05, 3.63) is 77.9 Å². The summed E-state index contributed by atoms with van der Waals surface area (Å²) < 4.78 is 29.5. The molecule has 1 amide bonds. The number of benzene rings is 2. The maximum Gasteiger partial charge on any atom is 0.280 e. The van der Waals surface area contributed by atoms with Gasteiger partial charge in [-0.05, 0) is 35.2 Å². The standard InChI is InChI=1S/C23H21F2N5O/c24-23(25)21-10-20(16-8-9-16)28-30(21)14-22(31)27-18-11-26-29(13-18)12-17-6-3-5-15-4-1-2-7-19(15)17/h1-7,10-11,13,16,23H,8-9,12,14H2,(H,27,31). The topological polar surface area (TPSA) is 64.7 Å². The number of aromatic nitrogens is 4. The first-order chi connectivity index (χ1) is 15.1. The van der Waals surface area contributed by atoms with E-state index in [4.69, 9.17) is 0 Å². The zero-order valence-electron chi connectivity index (χ0n) is 16.7. The molecular formula is C23H21F2N5O. The molecule has 0 radical (unpaired) electrons. The van der Waals surface area contributed by atoms with E-state index in [1.807, 2.05) is 24.3 Å². The van der Waals surface area contributed by atoms with E-state index in [0.717, 1.165) is 33.9 Å². The number of hydrogen-bond donors (Lipinski definition) is 1. The predicted molar refractivity (Wildman–Crippen MR) is 113 cm³/mol. The summed E-state index contributed by atoms with van der Waals surface area (Å²) in [6.45, 7) is 0.289. The van der Waals surface area contributed by atoms with Crippen LogP contribution >= 0.6 is 0 Å². The third-order valence-electron chi connectivity index (χ3n) is 5.47. The number of anilines is 1. The number of carbonyl (C=O) groups is 1. The number of amides is 1. The lowest BCUT2D eigenvalue weighted by Gasteiger charge is -2.07. The van der Waals surface area contributed by atoms with Crippen molar-refractivity contribution in [1.29, 1.82) is 0 Å². The van der Waals surface area contributed by atoms with Crippen LogP contribution in [0.2, 0.25) is 0 Å². The minimum Gasteiger partial charge on any atom is -0.322 e. The highest BCUT2D eigenvalue weighted by Gasteiger charge is 2.29. The second kappa shape index (κ2) is 7.94. The van der Waals surface area contributed by atoms with Gasteiger partial charge in [0.05, 0.1) is 24.1 Å². The minimum absolute atomic E-state index is 0.219. The number of nitrogens with zero attached hydrogens (tertiary/aromatic N) is 4. The number of alkyl halides is 2. The van der Waals surface area contributed by atoms with Gasteiger partial charge in [0.15, 0.2) is 0 Å². The molecular weight excluding hydrogens is 400 g/mol. The molecule has 4 aromatic rings. The average molecular weight is 421 g/mol. The molecule has 0 bridgehead atoms. The molecule has 2 heterocycles. The van der Waals surface area contributed by atoms with Crippen LogP contribution < -0.4 is 5.32 Å². The highest BCUT2D eigenvalue weighted by atomic mass is 19.3. The van der Waals surface area contributed by atoms with Gasteiger partial charge in [-0.3, -0.25) is 14.2 Å². The van der Waals surface area contributed by atoms with Crippen molar-refractivity contribution in [3.63, 3.8) is 0 Å². The average Bonchev–Trinajstić information content (AvgIpc) is 3.38. The van der Waals surface area contributed by atoms with Gasteiger partial charge in [-0.15, -0.1) is 0 Å². The van der Waals surface area contributed by atoms with Gasteiger partial charge >= 0.3 is 0 Å². The largest absolute Gasteiger partial charge is 0.322 e. The molecule has 0 atom stereocenters. The zero-order valence-corrected chi connectivity index (χ0v) is 16.7. The third kappa shape index (κ3) is 4.19. The molecule has 0 aliphatic heterocycles. The Hall–Kier alpha value is -3.55. The van der Waals surface area contributed by atoms with E-state index in [-0.39, 0.29) is 18.2 Å². The number of fused-ring (bicyclic) bond motifs is 1. The molecule has 1 saturated carbocycles. The number of hydrogen-bond acceptors (Lipinski definition) is 3. The molecule has 1 N–H and O–H groups in total. The van der Waals surface area contributed by atoms with Crippen molar-refractivity contribution in [2.45, 2.75) is 38.3 Å². The van der Waals surface area contributed by atoms with E-state index in [2.05, 4.69) is 33.7 Å². The second-order valence-electron chi connectivity index (χ2n) is 7.84. The van der Waals surface area contributed by atoms with Crippen molar-refractivity contribution >= 4 is 22.4 Å². The fraction of sp³-hybridized carbons (Fsp3) is 0.261. The van der Waals surface area contributed by atoms with Crippen LogP contribution in [0.25, 0.3) is 10.8 Å². The van der Waals surface area contributed by atoms with Crippen molar-refractivity contribution in [3.8, 4) is 0 Å². The second-order valence-corrected chi connectivity index (χ2v) is 7.84. The van der Waals surface area contributed by atoms with Crippen molar-refractivity contribution < 1.29 is 13.6 Å². The molecule has 5 rings (SSSR count). The fourth-order valence-electron chi connectivity index (χ4n) is 3.79. The molecule has 0 spiro atoms. The van der Waals surface area contributed by atoms with Gasteiger partial charge in [0.1, 0.15) is 12.2 Å². The molecule has 0 unspecified atom stereocenters. The number of nitrogens with one attached hydrogen (secondary N) is 1. The van der Waals surface area contributed by atoms with Crippen LogP contribution in [0.15, 0.2) is 60.9 Å². The molecule has 1 fully saturated rings. The van der Waals surface area contributed by atoms with Crippen LogP contribution in [-0.2, 0) is 17.9 Å². The Morgan fingerprint density at radius 2 is 1.97 bits per heavy atom. The van der Waals surface area contributed by atoms with Gasteiger partial charge in [-0.1, -0.05) is 42.5 Å². The van der Waals surface area contributed by atoms with Gasteiger partial charge in [0.25, 0.3) is 6.43 Å². The Morgan fingerprint density at radius 1 is 1.16 bits per heavy atom. The van der Waals surface area contributed by atoms with E-state index in [9.17, 15) is 13.6 Å². The first-order valence-corrected chi connectivity index (χ1v) is 10.2. The summed E-state index contributed by atoms with van der Waals surface area (Å²) in [6.07, 6.45) is 2.53. The lowest BCUT2D eigenvalue weighted by Crippen LogP contribution is -2.21. The SMILES string of the molecule is O=C(Cn1nc(C2CC2)cc1C(F)F)Nc1cnn(Cc2cccc3ccccc23)c1. The predicted octanol–water partition coefficient (Wildman–Crippen LogP) is 4.73. The third-order valence-corrected chi connectivity index (χ3v) is 5.47. The molecule has 1 aliphatic rings. The fourth-order valence-corrected chi connectivity index (χ4v) is 3.79. The molecule has 6 nitrogen and oxygen atoms in total. The summed E-state index contributed by atoms with van der Waals surface area (Å²) in [6, 6.07) is 15.7. The van der Waals surface area contributed by atoms with Gasteiger partial charge in [0, 0.05) is 12.1 Å². The Kier molecular flexibility index (Phi) is 4.97. The van der Waals surface area contributed by atoms with Gasteiger partial charge in [-0.2, -0.15) is 10.2 Å². The maximum absolute atomic E-state index is 13.3. The highest BCUT2D eigenvalue weighted by Crippen LogP contribution is 2.40. The van der Waals surface area contributed by atoms with E-state index in [1.54, 1.807) is 17.1 Å².